The highest BCUT2D eigenvalue weighted by molar-refractivity contribution is 7.89. The quantitative estimate of drug-likeness (QED) is 0.910. The third kappa shape index (κ3) is 2.43. The molecule has 2 fully saturated rings. The summed E-state index contributed by atoms with van der Waals surface area (Å²) in [6.45, 7) is 0.723. The lowest BCUT2D eigenvalue weighted by Gasteiger charge is -2.34. The summed E-state index contributed by atoms with van der Waals surface area (Å²) in [5, 5.41) is 9.67. The normalized spacial score (nSPS) is 28.7. The molecule has 2 bridgehead atoms. The smallest absolute Gasteiger partial charge is 0.210 e. The minimum absolute atomic E-state index is 0.0413. The Balaban J connectivity index is 1.64. The molecular formula is C15H20N4O2S. The van der Waals surface area contributed by atoms with Gasteiger partial charge in [0.15, 0.2) is 0 Å². The minimum atomic E-state index is -3.45. The molecule has 0 unspecified atom stereocenters. The van der Waals surface area contributed by atoms with Crippen molar-refractivity contribution in [3.63, 3.8) is 0 Å². The predicted octanol–water partition coefficient (Wildman–Crippen LogP) is 0.976. The Bertz CT molecular complexity index is 801. The molecule has 2 aliphatic rings. The molecule has 2 N–H and O–H groups in total. The fraction of sp³-hybridized carbons (Fsp3) is 0.533. The Labute approximate surface area is 130 Å². The first kappa shape index (κ1) is 14.2. The molecule has 0 spiro atoms. The maximum Gasteiger partial charge on any atom is 0.210 e. The molecule has 0 amide bonds. The number of rotatable bonds is 4. The van der Waals surface area contributed by atoms with Gasteiger partial charge in [-0.3, -0.25) is 4.90 Å². The van der Waals surface area contributed by atoms with Crippen LogP contribution >= 0.6 is 0 Å². The van der Waals surface area contributed by atoms with Gasteiger partial charge in [-0.2, -0.15) is 5.10 Å². The number of hydrogen-bond acceptors (Lipinski definition) is 4. The van der Waals surface area contributed by atoms with E-state index in [1.54, 1.807) is 6.20 Å². The standard InChI is InChI=1S/C15H20N4O2S/c16-22(20,21)10-15-11-4-5-13(8-11)18(15)9-14-3-1-2-12-6-7-17-19(12)14/h1-3,6-7,11,13,15H,4-5,8-10H2,(H2,16,20,21)/t11-,13+,15+/m0/s1. The van der Waals surface area contributed by atoms with Crippen LogP contribution in [-0.2, 0) is 16.6 Å². The lowest BCUT2D eigenvalue weighted by molar-refractivity contribution is 0.141. The summed E-state index contributed by atoms with van der Waals surface area (Å²) in [6, 6.07) is 8.59. The van der Waals surface area contributed by atoms with Gasteiger partial charge in [-0.15, -0.1) is 0 Å². The molecule has 0 aromatic carbocycles. The first-order chi connectivity index (χ1) is 10.5. The number of fused-ring (bicyclic) bond motifs is 3. The molecule has 7 heteroatoms. The molecular weight excluding hydrogens is 300 g/mol. The monoisotopic (exact) mass is 320 g/mol. The summed E-state index contributed by atoms with van der Waals surface area (Å²) < 4.78 is 25.1. The highest BCUT2D eigenvalue weighted by atomic mass is 32.2. The average Bonchev–Trinajstić information content (AvgIpc) is 3.14. The van der Waals surface area contributed by atoms with Crippen LogP contribution < -0.4 is 5.14 Å². The van der Waals surface area contributed by atoms with E-state index in [1.165, 1.54) is 0 Å². The van der Waals surface area contributed by atoms with Crippen molar-refractivity contribution in [2.24, 2.45) is 11.1 Å². The summed E-state index contributed by atoms with van der Waals surface area (Å²) in [4.78, 5) is 2.33. The Hall–Kier alpha value is -1.44. The molecule has 2 aromatic heterocycles. The van der Waals surface area contributed by atoms with Crippen molar-refractivity contribution < 1.29 is 8.42 Å². The van der Waals surface area contributed by atoms with Gasteiger partial charge in [0.2, 0.25) is 10.0 Å². The summed E-state index contributed by atoms with van der Waals surface area (Å²) >= 11 is 0. The molecule has 3 heterocycles. The van der Waals surface area contributed by atoms with E-state index >= 15 is 0 Å². The van der Waals surface area contributed by atoms with E-state index < -0.39 is 10.0 Å². The van der Waals surface area contributed by atoms with E-state index in [-0.39, 0.29) is 11.8 Å². The average molecular weight is 320 g/mol. The number of primary sulfonamides is 1. The number of nitrogens with two attached hydrogens (primary N) is 1. The maximum absolute atomic E-state index is 11.6. The molecule has 3 atom stereocenters. The van der Waals surface area contributed by atoms with Crippen LogP contribution in [0.25, 0.3) is 5.52 Å². The van der Waals surface area contributed by atoms with Crippen LogP contribution in [0.4, 0.5) is 0 Å². The lowest BCUT2D eigenvalue weighted by Crippen LogP contribution is -2.45. The number of sulfonamides is 1. The Morgan fingerprint density at radius 1 is 1.27 bits per heavy atom. The second-order valence-corrected chi connectivity index (χ2v) is 8.14. The third-order valence-corrected chi connectivity index (χ3v) is 5.94. The van der Waals surface area contributed by atoms with Crippen molar-refractivity contribution in [1.29, 1.82) is 0 Å². The van der Waals surface area contributed by atoms with Gasteiger partial charge < -0.3 is 0 Å². The van der Waals surface area contributed by atoms with Crippen LogP contribution in [0.1, 0.15) is 25.0 Å². The molecule has 0 radical (unpaired) electrons. The zero-order valence-electron chi connectivity index (χ0n) is 12.3. The van der Waals surface area contributed by atoms with E-state index in [0.29, 0.717) is 12.0 Å². The second kappa shape index (κ2) is 5.04. The summed E-state index contributed by atoms with van der Waals surface area (Å²) in [6.07, 6.45) is 5.15. The highest BCUT2D eigenvalue weighted by Crippen LogP contribution is 2.43. The van der Waals surface area contributed by atoms with Gasteiger partial charge in [-0.25, -0.2) is 18.1 Å². The van der Waals surface area contributed by atoms with Gasteiger partial charge in [0.1, 0.15) is 0 Å². The fourth-order valence-corrected chi connectivity index (χ4v) is 5.15. The fourth-order valence-electron chi connectivity index (χ4n) is 4.21. The number of nitrogens with zero attached hydrogens (tertiary/aromatic N) is 3. The molecule has 4 rings (SSSR count). The largest absolute Gasteiger partial charge is 0.290 e. The van der Waals surface area contributed by atoms with E-state index in [0.717, 1.165) is 37.0 Å². The zero-order valence-corrected chi connectivity index (χ0v) is 13.1. The van der Waals surface area contributed by atoms with E-state index in [2.05, 4.69) is 16.1 Å². The van der Waals surface area contributed by atoms with Crippen LogP contribution in [0.3, 0.4) is 0 Å². The lowest BCUT2D eigenvalue weighted by atomic mass is 10.00. The van der Waals surface area contributed by atoms with E-state index in [9.17, 15) is 8.42 Å². The minimum Gasteiger partial charge on any atom is -0.290 e. The Morgan fingerprint density at radius 2 is 2.14 bits per heavy atom. The van der Waals surface area contributed by atoms with Gasteiger partial charge in [0, 0.05) is 24.8 Å². The van der Waals surface area contributed by atoms with Crippen molar-refractivity contribution >= 4 is 15.5 Å². The number of likely N-dealkylation sites (tertiary alicyclic amines) is 1. The van der Waals surface area contributed by atoms with Crippen LogP contribution in [0.5, 0.6) is 0 Å². The summed E-state index contributed by atoms with van der Waals surface area (Å²) in [5.74, 6) is 0.517. The maximum atomic E-state index is 11.6. The molecule has 1 aliphatic carbocycles. The predicted molar refractivity (Wildman–Crippen MR) is 83.6 cm³/mol. The van der Waals surface area contributed by atoms with Crippen LogP contribution in [0, 0.1) is 5.92 Å². The van der Waals surface area contributed by atoms with Gasteiger partial charge >= 0.3 is 0 Å². The first-order valence-corrected chi connectivity index (χ1v) is 9.41. The van der Waals surface area contributed by atoms with Crippen molar-refractivity contribution in [3.05, 3.63) is 36.2 Å². The van der Waals surface area contributed by atoms with Crippen LogP contribution in [-0.4, -0.2) is 40.8 Å². The van der Waals surface area contributed by atoms with Crippen molar-refractivity contribution in [2.75, 3.05) is 5.75 Å². The molecule has 1 saturated heterocycles. The Kier molecular flexibility index (Phi) is 3.25. The van der Waals surface area contributed by atoms with Crippen molar-refractivity contribution in [3.8, 4) is 0 Å². The van der Waals surface area contributed by atoms with E-state index in [4.69, 9.17) is 5.14 Å². The number of pyridine rings is 1. The molecule has 6 nitrogen and oxygen atoms in total. The van der Waals surface area contributed by atoms with Gasteiger partial charge in [-0.1, -0.05) is 6.07 Å². The second-order valence-electron chi connectivity index (χ2n) is 6.48. The topological polar surface area (TPSA) is 80.7 Å². The molecule has 118 valence electrons. The van der Waals surface area contributed by atoms with Crippen LogP contribution in [0.2, 0.25) is 0 Å². The van der Waals surface area contributed by atoms with Gasteiger partial charge in [-0.05, 0) is 43.4 Å². The SMILES string of the molecule is NS(=O)(=O)C[C@@H]1[C@H]2CC[C@H](C2)N1Cc1cccc2ccnn12. The number of aromatic nitrogens is 2. The highest BCUT2D eigenvalue weighted by Gasteiger charge is 2.46. The van der Waals surface area contributed by atoms with Crippen molar-refractivity contribution in [1.82, 2.24) is 14.5 Å². The van der Waals surface area contributed by atoms with Crippen LogP contribution in [0.15, 0.2) is 30.5 Å². The zero-order chi connectivity index (χ0) is 15.3. The molecule has 1 aliphatic heterocycles. The third-order valence-electron chi connectivity index (χ3n) is 5.13. The molecule has 2 aromatic rings. The summed E-state index contributed by atoms with van der Waals surface area (Å²) in [5.41, 5.74) is 2.15. The summed E-state index contributed by atoms with van der Waals surface area (Å²) in [7, 11) is -3.45. The van der Waals surface area contributed by atoms with Crippen molar-refractivity contribution in [2.45, 2.75) is 37.9 Å². The van der Waals surface area contributed by atoms with Gasteiger partial charge in [0.05, 0.1) is 17.0 Å². The Morgan fingerprint density at radius 3 is 2.95 bits per heavy atom. The molecule has 1 saturated carbocycles. The van der Waals surface area contributed by atoms with E-state index in [1.807, 2.05) is 22.7 Å². The number of hydrogen-bond donors (Lipinski definition) is 1. The number of piperidine rings is 1. The van der Waals surface area contributed by atoms with Gasteiger partial charge in [0.25, 0.3) is 0 Å². The molecule has 22 heavy (non-hydrogen) atoms. The first-order valence-electron chi connectivity index (χ1n) is 7.69.